The molecule has 136 valence electrons. The van der Waals surface area contributed by atoms with E-state index in [0.29, 0.717) is 0 Å². The molecule has 0 amide bonds. The summed E-state index contributed by atoms with van der Waals surface area (Å²) >= 11 is 0. The van der Waals surface area contributed by atoms with Gasteiger partial charge in [-0.2, -0.15) is 0 Å². The summed E-state index contributed by atoms with van der Waals surface area (Å²) in [4.78, 5) is 69.5. The van der Waals surface area contributed by atoms with E-state index in [0.717, 1.165) is 0 Å². The molecule has 0 saturated heterocycles. The van der Waals surface area contributed by atoms with E-state index in [1.165, 1.54) is 0 Å². The third-order valence-corrected chi connectivity index (χ3v) is 9.13. The summed E-state index contributed by atoms with van der Waals surface area (Å²) in [7, 11) is -20.3. The van der Waals surface area contributed by atoms with Crippen LogP contribution in [0.15, 0.2) is 0 Å². The van der Waals surface area contributed by atoms with Gasteiger partial charge in [0.15, 0.2) is 5.40 Å². The Labute approximate surface area is 179 Å². The van der Waals surface area contributed by atoms with Crippen molar-refractivity contribution >= 4 is 30.4 Å². The molecule has 0 aromatic rings. The molecule has 0 aliphatic carbocycles. The average molecular weight is 456 g/mol. The minimum Gasteiger partial charge on any atom is -0.810 e. The second-order valence-electron chi connectivity index (χ2n) is 3.63. The SMILES string of the molecule is O=P(O)(O)C(CO)P(=O)(O)O.O=P([O-])([O-])C(CO)P(=O)(O)O.[Na+].[Na+]. The van der Waals surface area contributed by atoms with Gasteiger partial charge in [-0.3, -0.25) is 13.7 Å². The van der Waals surface area contributed by atoms with Crippen LogP contribution in [0.1, 0.15) is 0 Å². The first kappa shape index (κ1) is 34.1. The molecule has 0 spiro atoms. The summed E-state index contributed by atoms with van der Waals surface area (Å²) in [6, 6.07) is 0. The van der Waals surface area contributed by atoms with Crippen LogP contribution < -0.4 is 68.9 Å². The molecule has 0 aromatic heterocycles. The predicted octanol–water partition coefficient (Wildman–Crippen LogP) is -9.94. The average Bonchev–Trinajstić information content (AvgIpc) is 2.09. The van der Waals surface area contributed by atoms with E-state index in [-0.39, 0.29) is 59.1 Å². The molecule has 1 atom stereocenters. The van der Waals surface area contributed by atoms with Crippen molar-refractivity contribution < 1.29 is 127 Å². The Morgan fingerprint density at radius 2 is 0.833 bits per heavy atom. The molecule has 0 fully saturated rings. The molecule has 1 unspecified atom stereocenters. The Balaban J connectivity index is -0.000000154. The number of rotatable bonds is 6. The summed E-state index contributed by atoms with van der Waals surface area (Å²) in [6.07, 6.45) is 0. The first-order valence-corrected chi connectivity index (χ1v) is 11.4. The fourth-order valence-electron chi connectivity index (χ4n) is 0.799. The summed E-state index contributed by atoms with van der Waals surface area (Å²) < 4.78 is 40.7. The third kappa shape index (κ3) is 14.6. The Kier molecular flexibility index (Phi) is 18.3. The maximum Gasteiger partial charge on any atom is 1.00 e. The topological polar surface area (TPSA) is 276 Å². The fourth-order valence-corrected chi connectivity index (χ4v) is 4.68. The molecule has 0 radical (unpaired) electrons. The minimum absolute atomic E-state index is 0. The first-order chi connectivity index (χ1) is 9.39. The van der Waals surface area contributed by atoms with Gasteiger partial charge in [0.05, 0.1) is 13.2 Å². The largest absolute Gasteiger partial charge is 1.00 e. The Morgan fingerprint density at radius 1 is 0.625 bits per heavy atom. The van der Waals surface area contributed by atoms with Crippen LogP contribution in [0, 0.1) is 0 Å². The molecule has 0 aromatic carbocycles. The van der Waals surface area contributed by atoms with Gasteiger partial charge in [-0.1, -0.05) is 0 Å². The van der Waals surface area contributed by atoms with Gasteiger partial charge in [0, 0.05) is 0 Å². The van der Waals surface area contributed by atoms with Crippen LogP contribution in [-0.4, -0.2) is 63.6 Å². The molecule has 0 rings (SSSR count). The van der Waals surface area contributed by atoms with Crippen LogP contribution in [-0.2, 0) is 18.3 Å². The van der Waals surface area contributed by atoms with Gasteiger partial charge in [0.25, 0.3) is 0 Å². The van der Waals surface area contributed by atoms with Crippen molar-refractivity contribution in [2.24, 2.45) is 0 Å². The predicted molar refractivity (Wildman–Crippen MR) is 65.5 cm³/mol. The summed E-state index contributed by atoms with van der Waals surface area (Å²) in [5.74, 6) is 0. The van der Waals surface area contributed by atoms with Gasteiger partial charge in [-0.05, 0) is 7.60 Å². The standard InChI is InChI=1S/2C2H8O7P2.2Na/c2*3-1-2(10(4,5)6)11(7,8)9;;/h2*2-3H,1H2,(H2,4,5,6)(H2,7,8,9);;/q;;2*+1/p-2. The summed E-state index contributed by atoms with van der Waals surface area (Å²) in [6.45, 7) is -2.61. The van der Waals surface area contributed by atoms with Crippen molar-refractivity contribution in [3.63, 3.8) is 0 Å². The van der Waals surface area contributed by atoms with Crippen LogP contribution in [0.25, 0.3) is 0 Å². The monoisotopic (exact) mass is 456 g/mol. The Morgan fingerprint density at radius 3 is 0.833 bits per heavy atom. The van der Waals surface area contributed by atoms with Crippen molar-refractivity contribution in [2.45, 2.75) is 10.8 Å². The van der Waals surface area contributed by atoms with E-state index < -0.39 is 54.4 Å². The van der Waals surface area contributed by atoms with E-state index in [4.69, 9.17) is 39.6 Å². The van der Waals surface area contributed by atoms with Gasteiger partial charge >= 0.3 is 81.9 Å². The molecule has 8 N–H and O–H groups in total. The van der Waals surface area contributed by atoms with Gasteiger partial charge in [0.1, 0.15) is 5.40 Å². The Hall–Kier alpha value is 2.52. The van der Waals surface area contributed by atoms with Gasteiger partial charge in [-0.25, -0.2) is 0 Å². The van der Waals surface area contributed by atoms with Crippen molar-refractivity contribution in [2.75, 3.05) is 13.2 Å². The molecule has 14 nitrogen and oxygen atoms in total. The summed E-state index contributed by atoms with van der Waals surface area (Å²) in [5.41, 5.74) is 0. The first-order valence-electron chi connectivity index (χ1n) is 4.78. The van der Waals surface area contributed by atoms with Crippen LogP contribution in [0.2, 0.25) is 0 Å². The quantitative estimate of drug-likeness (QED) is 0.136. The van der Waals surface area contributed by atoms with Crippen LogP contribution in [0.5, 0.6) is 0 Å². The van der Waals surface area contributed by atoms with Crippen molar-refractivity contribution in [3.8, 4) is 0 Å². The summed E-state index contributed by atoms with van der Waals surface area (Å²) in [5, 5.41) is 11.5. The number of aliphatic hydroxyl groups is 2. The number of hydrogen-bond acceptors (Lipinski definition) is 8. The molecule has 20 heteroatoms. The zero-order valence-corrected chi connectivity index (χ0v) is 20.0. The van der Waals surface area contributed by atoms with Crippen molar-refractivity contribution in [1.82, 2.24) is 0 Å². The van der Waals surface area contributed by atoms with Crippen LogP contribution in [0.4, 0.5) is 0 Å². The van der Waals surface area contributed by atoms with E-state index in [1.807, 2.05) is 0 Å². The second-order valence-corrected chi connectivity index (χ2v) is 11.6. The number of aliphatic hydroxyl groups excluding tert-OH is 2. The van der Waals surface area contributed by atoms with Gasteiger partial charge < -0.3 is 53.9 Å². The molecule has 0 aliphatic heterocycles. The van der Waals surface area contributed by atoms with E-state index in [1.54, 1.807) is 0 Å². The molecular formula is C4H14Na2O14P4. The van der Waals surface area contributed by atoms with E-state index >= 15 is 0 Å². The maximum absolute atomic E-state index is 10.3. The second kappa shape index (κ2) is 12.9. The molecule has 0 heterocycles. The molecule has 0 saturated carbocycles. The van der Waals surface area contributed by atoms with E-state index in [2.05, 4.69) is 0 Å². The molecule has 0 bridgehead atoms. The van der Waals surface area contributed by atoms with Gasteiger partial charge in [0.2, 0.25) is 0 Å². The smallest absolute Gasteiger partial charge is 0.810 e. The third-order valence-electron chi connectivity index (χ3n) is 1.86. The van der Waals surface area contributed by atoms with Crippen LogP contribution in [0.3, 0.4) is 0 Å². The zero-order valence-electron chi connectivity index (χ0n) is 12.4. The number of hydrogen-bond donors (Lipinski definition) is 8. The minimum atomic E-state index is -5.41. The zero-order chi connectivity index (χ0) is 18.6. The van der Waals surface area contributed by atoms with Crippen molar-refractivity contribution in [1.29, 1.82) is 0 Å². The Bertz CT molecular complexity index is 435. The van der Waals surface area contributed by atoms with Gasteiger partial charge in [-0.15, -0.1) is 0 Å². The van der Waals surface area contributed by atoms with Crippen LogP contribution >= 0.6 is 30.4 Å². The molecule has 24 heavy (non-hydrogen) atoms. The maximum atomic E-state index is 10.3. The van der Waals surface area contributed by atoms with Crippen molar-refractivity contribution in [3.05, 3.63) is 0 Å². The molecule has 0 aliphatic rings. The molecular weight excluding hydrogens is 442 g/mol. The normalized spacial score (nSPS) is 14.0. The van der Waals surface area contributed by atoms with E-state index in [9.17, 15) is 28.0 Å². The fraction of sp³-hybridized carbons (Fsp3) is 1.00.